The number of benzene rings is 1. The van der Waals surface area contributed by atoms with E-state index in [1.165, 1.54) is 0 Å². The van der Waals surface area contributed by atoms with E-state index in [1.54, 1.807) is 222 Å². The minimum Gasteiger partial charge on any atom is -0.0695 e. The van der Waals surface area contributed by atoms with Crippen molar-refractivity contribution in [3.05, 3.63) is 30.3 Å². The molecule has 0 aliphatic heterocycles. The molecule has 0 atom stereocenters. The van der Waals surface area contributed by atoms with Crippen molar-refractivity contribution in [2.45, 2.75) is 399 Å². The van der Waals surface area contributed by atoms with Gasteiger partial charge in [0.1, 0.15) is 0 Å². The minimum atomic E-state index is -1.89. The van der Waals surface area contributed by atoms with Gasteiger partial charge in [-0.2, -0.15) is 0 Å². The monoisotopic (exact) mass is 1350 g/mol. The van der Waals surface area contributed by atoms with Crippen LogP contribution >= 0.6 is 0 Å². The molecule has 0 spiro atoms. The van der Waals surface area contributed by atoms with Gasteiger partial charge in [-0.25, -0.2) is 0 Å². The highest BCUT2D eigenvalue weighted by Gasteiger charge is 2.42. The van der Waals surface area contributed by atoms with Crippen LogP contribution in [-0.2, 0) is 0 Å². The minimum absolute atomic E-state index is 1.09. The summed E-state index contributed by atoms with van der Waals surface area (Å²) in [5, 5.41) is 1.92. The zero-order valence-corrected chi connectivity index (χ0v) is 75.3. The fourth-order valence-electron chi connectivity index (χ4n) is 15.2. The molecule has 0 saturated heterocycles. The van der Waals surface area contributed by atoms with Gasteiger partial charge in [-0.3, -0.25) is 0 Å². The molecule has 0 aromatic heterocycles. The van der Waals surface area contributed by atoms with Gasteiger partial charge in [-0.1, -0.05) is 434 Å². The Bertz CT molecular complexity index is 1470. The van der Waals surface area contributed by atoms with E-state index in [0.29, 0.717) is 0 Å². The zero-order chi connectivity index (χ0) is 63.1. The van der Waals surface area contributed by atoms with Crippen molar-refractivity contribution in [2.75, 3.05) is 0 Å². The molecule has 0 nitrogen and oxygen atoms in total. The van der Waals surface area contributed by atoms with Crippen molar-refractivity contribution >= 4 is 110 Å². The van der Waals surface area contributed by atoms with Crippen LogP contribution in [-0.4, -0.2) is 105 Å². The van der Waals surface area contributed by atoms with E-state index in [0.717, 1.165) is 0 Å². The average Bonchev–Trinajstić information content (AvgIpc) is 3.25. The molecule has 0 aliphatic carbocycles. The van der Waals surface area contributed by atoms with Crippen molar-refractivity contribution in [2.24, 2.45) is 0 Å². The van der Waals surface area contributed by atoms with Crippen LogP contribution in [0.4, 0.5) is 0 Å². The second-order valence-corrected chi connectivity index (χ2v) is 111. The Kier molecular flexibility index (Phi) is 36.3. The van der Waals surface area contributed by atoms with Crippen LogP contribution in [0.1, 0.15) is 77.0 Å². The predicted molar refractivity (Wildman–Crippen MR) is 430 cm³/mol. The molecule has 486 valence electrons. The Labute approximate surface area is 534 Å². The van der Waals surface area contributed by atoms with Crippen LogP contribution in [0.15, 0.2) is 30.3 Å². The van der Waals surface area contributed by atoms with Crippen LogP contribution in [0.5, 0.6) is 0 Å². The molecular formula is C69H158Si13. The molecule has 1 aromatic carbocycles. The lowest BCUT2D eigenvalue weighted by atomic mass is 10.4. The van der Waals surface area contributed by atoms with Crippen LogP contribution in [0, 0.1) is 0 Å². The van der Waals surface area contributed by atoms with Crippen LogP contribution < -0.4 is 5.19 Å². The van der Waals surface area contributed by atoms with Gasteiger partial charge in [0.2, 0.25) is 0 Å². The molecule has 0 heterocycles. The van der Waals surface area contributed by atoms with Crippen molar-refractivity contribution in [3.63, 3.8) is 0 Å². The molecule has 0 aliphatic rings. The van der Waals surface area contributed by atoms with Crippen LogP contribution in [0.25, 0.3) is 0 Å². The van der Waals surface area contributed by atoms with Crippen molar-refractivity contribution < 1.29 is 0 Å². The molecule has 0 N–H and O–H groups in total. The SMILES string of the molecule is C[Si](C)(C)CCC[Si](CCC[Si](C)(C)C)(CCC[Si](C)(C)C)CCC[Si](CCC[Si](CCC[Si](C)(C)C)(CCC[Si](C)(C)C)CCC[Si](C)(C)C)(CCC[Si](CCC[Si](C)(C)C)(CCC[Si](C)(C)C)CCC[Si](C)(C)C)c1ccccc1. The Morgan fingerprint density at radius 1 is 0.171 bits per heavy atom. The van der Waals surface area contributed by atoms with Gasteiger partial charge in [0.15, 0.2) is 0 Å². The largest absolute Gasteiger partial charge is 0.0866 e. The third-order valence-corrected chi connectivity index (χ3v) is 59.3. The molecule has 82 heavy (non-hydrogen) atoms. The lowest BCUT2D eigenvalue weighted by molar-refractivity contribution is 0.837. The molecule has 1 aromatic rings. The highest BCUT2D eigenvalue weighted by molar-refractivity contribution is 6.92. The molecular weight excluding hydrogens is 1190 g/mol. The summed E-state index contributed by atoms with van der Waals surface area (Å²) in [6.45, 7) is 72.3. The maximum absolute atomic E-state index is 2.77. The molecule has 0 unspecified atom stereocenters. The quantitative estimate of drug-likeness (QED) is 0.0571. The summed E-state index contributed by atoms with van der Waals surface area (Å²) in [6.07, 6.45) is 18.8. The van der Waals surface area contributed by atoms with Gasteiger partial charge >= 0.3 is 0 Å². The topological polar surface area (TPSA) is 0 Å². The third-order valence-electron chi connectivity index (χ3n) is 20.2. The summed E-state index contributed by atoms with van der Waals surface area (Å²) >= 11 is 0. The number of hydrogen-bond acceptors (Lipinski definition) is 0. The lowest BCUT2D eigenvalue weighted by Crippen LogP contribution is -2.49. The van der Waals surface area contributed by atoms with Crippen LogP contribution in [0.2, 0.25) is 322 Å². The standard InChI is InChI=1S/C69H158Si13/c1-70(2,3)45-31-54-79(55-32-46-71(4,5)6,56-33-47-72(7,8)9)63-40-66-82(69-43-29-28-30-44-69,67-41-64-80(57-34-48-73(10,11)12,58-35-49-74(13,14)15)59-36-50-75(16,17)18)68-42-65-81(60-37-51-76(19,20)21,61-38-52-77(22,23)24)62-39-53-78(25,26)27/h28-30,43-44H,31-42,45-68H2,1-27H3. The van der Waals surface area contributed by atoms with E-state index in [4.69, 9.17) is 0 Å². The average molecular weight is 1350 g/mol. The Morgan fingerprint density at radius 2 is 0.305 bits per heavy atom. The fourth-order valence-corrected chi connectivity index (χ4v) is 51.3. The Balaban J connectivity index is 4.28. The molecule has 0 radical (unpaired) electrons. The highest BCUT2D eigenvalue weighted by Crippen LogP contribution is 2.44. The summed E-state index contributed by atoms with van der Waals surface area (Å²) < 4.78 is 0. The summed E-state index contributed by atoms with van der Waals surface area (Å²) in [7, 11) is -16.2. The number of rotatable bonds is 49. The zero-order valence-electron chi connectivity index (χ0n) is 62.3. The first-order valence-electron chi connectivity index (χ1n) is 36.1. The van der Waals surface area contributed by atoms with Gasteiger partial charge in [0, 0.05) is 72.7 Å². The van der Waals surface area contributed by atoms with E-state index in [1.807, 2.05) is 5.19 Å². The van der Waals surface area contributed by atoms with Gasteiger partial charge in [0.05, 0.1) is 32.3 Å². The van der Waals surface area contributed by atoms with Gasteiger partial charge in [-0.05, 0) is 0 Å². The predicted octanol–water partition coefficient (Wildman–Crippen LogP) is 27.4. The van der Waals surface area contributed by atoms with Gasteiger partial charge < -0.3 is 0 Å². The fraction of sp³-hybridized carbons (Fsp3) is 0.913. The van der Waals surface area contributed by atoms with E-state index in [9.17, 15) is 0 Å². The molecule has 0 saturated carbocycles. The maximum Gasteiger partial charge on any atom is 0.0866 e. The van der Waals surface area contributed by atoms with Crippen molar-refractivity contribution in [1.29, 1.82) is 0 Å². The van der Waals surface area contributed by atoms with Crippen molar-refractivity contribution in [3.8, 4) is 0 Å². The Hall–Kier alpha value is 2.04. The normalized spacial score (nSPS) is 14.6. The molecule has 0 amide bonds. The van der Waals surface area contributed by atoms with E-state index in [-0.39, 0.29) is 0 Å². The first-order valence-corrected chi connectivity index (χ1v) is 80.6. The Morgan fingerprint density at radius 3 is 0.439 bits per heavy atom. The molecule has 0 bridgehead atoms. The molecule has 13 heteroatoms. The third kappa shape index (κ3) is 42.9. The first kappa shape index (κ1) is 82.1. The first-order chi connectivity index (χ1) is 37.1. The van der Waals surface area contributed by atoms with E-state index in [2.05, 4.69) is 207 Å². The lowest BCUT2D eigenvalue weighted by Gasteiger charge is -2.40. The summed E-state index contributed by atoms with van der Waals surface area (Å²) in [5.74, 6) is 0. The van der Waals surface area contributed by atoms with Gasteiger partial charge in [0.25, 0.3) is 0 Å². The van der Waals surface area contributed by atoms with E-state index >= 15 is 0 Å². The summed E-state index contributed by atoms with van der Waals surface area (Å²) in [5.41, 5.74) is 0. The molecule has 0 fully saturated rings. The van der Waals surface area contributed by atoms with Gasteiger partial charge in [-0.15, -0.1) is 0 Å². The smallest absolute Gasteiger partial charge is 0.0695 e. The second-order valence-electron chi connectivity index (χ2n) is 40.4. The summed E-state index contributed by atoms with van der Waals surface area (Å²) in [4.78, 5) is 0. The highest BCUT2D eigenvalue weighted by atomic mass is 28.4. The summed E-state index contributed by atoms with van der Waals surface area (Å²) in [6, 6.07) is 51.9. The molecule has 1 rings (SSSR count). The maximum atomic E-state index is 2.77. The number of hydrogen-bond donors (Lipinski definition) is 0. The second kappa shape index (κ2) is 36.3. The van der Waals surface area contributed by atoms with Crippen LogP contribution in [0.3, 0.4) is 0 Å². The van der Waals surface area contributed by atoms with Crippen molar-refractivity contribution in [1.82, 2.24) is 0 Å². The van der Waals surface area contributed by atoms with E-state index < -0.39 is 105 Å².